The van der Waals surface area contributed by atoms with Crippen LogP contribution in [0.2, 0.25) is 0 Å². The smallest absolute Gasteiger partial charge is 0.207 e. The summed E-state index contributed by atoms with van der Waals surface area (Å²) in [5.41, 5.74) is 2.30. The third-order valence-electron chi connectivity index (χ3n) is 3.05. The predicted octanol–water partition coefficient (Wildman–Crippen LogP) is 1.54. The average Bonchev–Trinajstić information content (AvgIpc) is 2.42. The largest absolute Gasteiger partial charge is 0.351 e. The second kappa shape index (κ2) is 5.96. The predicted molar refractivity (Wildman–Crippen MR) is 69.7 cm³/mol. The minimum absolute atomic E-state index is 0.0114. The second-order valence-corrected chi connectivity index (χ2v) is 4.25. The molecule has 3 nitrogen and oxygen atoms in total. The van der Waals surface area contributed by atoms with Crippen LogP contribution >= 0.6 is 0 Å². The van der Waals surface area contributed by atoms with Crippen LogP contribution in [0.15, 0.2) is 54.7 Å². The van der Waals surface area contributed by atoms with E-state index in [1.165, 1.54) is 5.69 Å². The van der Waals surface area contributed by atoms with Gasteiger partial charge in [-0.1, -0.05) is 36.4 Å². The lowest BCUT2D eigenvalue weighted by atomic mass is 10.0. The number of hydrogen-bond donors (Lipinski definition) is 1. The normalized spacial score (nSPS) is 11.8. The lowest BCUT2D eigenvalue weighted by Crippen LogP contribution is -2.35. The Bertz CT molecular complexity index is 511. The zero-order chi connectivity index (χ0) is 12.8. The Labute approximate surface area is 107 Å². The number of nitrogens with one attached hydrogen (secondary N) is 1. The molecular weight excluding hydrogens is 224 g/mol. The number of pyridine rings is 1. The molecule has 0 radical (unpaired) electrons. The number of aromatic nitrogens is 1. The van der Waals surface area contributed by atoms with E-state index in [2.05, 4.69) is 16.0 Å². The van der Waals surface area contributed by atoms with Crippen molar-refractivity contribution in [3.05, 3.63) is 66.0 Å². The average molecular weight is 241 g/mol. The van der Waals surface area contributed by atoms with E-state index >= 15 is 0 Å². The number of rotatable bonds is 5. The van der Waals surface area contributed by atoms with Crippen molar-refractivity contribution in [1.82, 2.24) is 5.32 Å². The van der Waals surface area contributed by atoms with E-state index in [4.69, 9.17) is 0 Å². The summed E-state index contributed by atoms with van der Waals surface area (Å²) in [6.45, 7) is 0. The van der Waals surface area contributed by atoms with Crippen molar-refractivity contribution in [2.45, 2.75) is 12.5 Å². The minimum atomic E-state index is 0.0114. The zero-order valence-electron chi connectivity index (χ0n) is 10.4. The zero-order valence-corrected chi connectivity index (χ0v) is 10.4. The van der Waals surface area contributed by atoms with Crippen LogP contribution in [0.5, 0.6) is 0 Å². The molecule has 1 aromatic heterocycles. The van der Waals surface area contributed by atoms with Gasteiger partial charge in [0.25, 0.3) is 0 Å². The standard InChI is InChI=1S/C15H16N2O/c1-17-10-6-5-9-14(17)11-15(16-12-18)13-7-3-2-4-8-13/h2-10,12,15H,11H2,1H3/p+1. The van der Waals surface area contributed by atoms with Crippen LogP contribution in [0.1, 0.15) is 17.3 Å². The van der Waals surface area contributed by atoms with Gasteiger partial charge in [0.15, 0.2) is 11.9 Å². The maximum atomic E-state index is 10.7. The van der Waals surface area contributed by atoms with Crippen LogP contribution < -0.4 is 9.88 Å². The van der Waals surface area contributed by atoms with Gasteiger partial charge in [0.2, 0.25) is 6.41 Å². The second-order valence-electron chi connectivity index (χ2n) is 4.25. The maximum Gasteiger partial charge on any atom is 0.207 e. The van der Waals surface area contributed by atoms with E-state index in [1.54, 1.807) is 0 Å². The highest BCUT2D eigenvalue weighted by atomic mass is 16.1. The highest BCUT2D eigenvalue weighted by Crippen LogP contribution is 2.15. The number of benzene rings is 1. The van der Waals surface area contributed by atoms with E-state index in [0.29, 0.717) is 0 Å². The number of carbonyl (C=O) groups is 1. The van der Waals surface area contributed by atoms with Crippen molar-refractivity contribution in [3.8, 4) is 0 Å². The van der Waals surface area contributed by atoms with Gasteiger partial charge in [-0.15, -0.1) is 0 Å². The summed E-state index contributed by atoms with van der Waals surface area (Å²) in [6, 6.07) is 16.1. The fraction of sp³-hybridized carbons (Fsp3) is 0.200. The number of amides is 1. The summed E-state index contributed by atoms with van der Waals surface area (Å²) in [5, 5.41) is 2.88. The van der Waals surface area contributed by atoms with Crippen LogP contribution in [0.25, 0.3) is 0 Å². The Morgan fingerprint density at radius 2 is 1.89 bits per heavy atom. The molecule has 1 unspecified atom stereocenters. The molecule has 0 saturated carbocycles. The third kappa shape index (κ3) is 2.94. The van der Waals surface area contributed by atoms with Gasteiger partial charge < -0.3 is 5.32 Å². The Morgan fingerprint density at radius 1 is 1.17 bits per heavy atom. The highest BCUT2D eigenvalue weighted by molar-refractivity contribution is 5.48. The molecule has 0 aliphatic rings. The molecule has 0 fully saturated rings. The molecule has 0 saturated heterocycles. The van der Waals surface area contributed by atoms with Crippen molar-refractivity contribution < 1.29 is 9.36 Å². The molecule has 1 aromatic carbocycles. The Balaban J connectivity index is 2.22. The topological polar surface area (TPSA) is 33.0 Å². The maximum absolute atomic E-state index is 10.7. The molecular formula is C15H17N2O+. The van der Waals surface area contributed by atoms with Crippen molar-refractivity contribution >= 4 is 6.41 Å². The van der Waals surface area contributed by atoms with Gasteiger partial charge in [0.05, 0.1) is 12.5 Å². The highest BCUT2D eigenvalue weighted by Gasteiger charge is 2.15. The summed E-state index contributed by atoms with van der Waals surface area (Å²) in [6.07, 6.45) is 3.55. The fourth-order valence-corrected chi connectivity index (χ4v) is 2.02. The van der Waals surface area contributed by atoms with Crippen LogP contribution in [0.4, 0.5) is 0 Å². The van der Waals surface area contributed by atoms with Crippen molar-refractivity contribution in [2.24, 2.45) is 7.05 Å². The first-order chi connectivity index (χ1) is 8.81. The SMILES string of the molecule is C[n+]1ccccc1CC(NC=O)c1ccccc1. The lowest BCUT2D eigenvalue weighted by Gasteiger charge is -2.15. The summed E-state index contributed by atoms with van der Waals surface area (Å²) in [5.74, 6) is 0. The van der Waals surface area contributed by atoms with Crippen LogP contribution in [0, 0.1) is 0 Å². The molecule has 1 amide bonds. The molecule has 1 N–H and O–H groups in total. The van der Waals surface area contributed by atoms with Crippen molar-refractivity contribution in [1.29, 1.82) is 0 Å². The van der Waals surface area contributed by atoms with E-state index in [1.807, 2.05) is 55.7 Å². The molecule has 92 valence electrons. The summed E-state index contributed by atoms with van der Waals surface area (Å²) in [4.78, 5) is 10.7. The first-order valence-electron chi connectivity index (χ1n) is 5.99. The number of carbonyl (C=O) groups excluding carboxylic acids is 1. The molecule has 2 rings (SSSR count). The molecule has 0 spiro atoms. The summed E-state index contributed by atoms with van der Waals surface area (Å²) >= 11 is 0. The lowest BCUT2D eigenvalue weighted by molar-refractivity contribution is -0.679. The van der Waals surface area contributed by atoms with Gasteiger partial charge in [-0.25, -0.2) is 4.57 Å². The van der Waals surface area contributed by atoms with Gasteiger partial charge in [0, 0.05) is 12.1 Å². The number of hydrogen-bond acceptors (Lipinski definition) is 1. The molecule has 0 bridgehead atoms. The van der Waals surface area contributed by atoms with Gasteiger partial charge in [-0.2, -0.15) is 0 Å². The first kappa shape index (κ1) is 12.3. The van der Waals surface area contributed by atoms with Gasteiger partial charge >= 0.3 is 0 Å². The molecule has 0 aliphatic heterocycles. The van der Waals surface area contributed by atoms with Crippen LogP contribution in [-0.2, 0) is 18.3 Å². The Kier molecular flexibility index (Phi) is 4.07. The van der Waals surface area contributed by atoms with Gasteiger partial charge in [0.1, 0.15) is 7.05 Å². The molecule has 1 heterocycles. The molecule has 3 heteroatoms. The Morgan fingerprint density at radius 3 is 2.56 bits per heavy atom. The van der Waals surface area contributed by atoms with Gasteiger partial charge in [-0.3, -0.25) is 4.79 Å². The summed E-state index contributed by atoms with van der Waals surface area (Å²) < 4.78 is 2.07. The Hall–Kier alpha value is -2.16. The van der Waals surface area contributed by atoms with E-state index in [-0.39, 0.29) is 6.04 Å². The van der Waals surface area contributed by atoms with E-state index in [0.717, 1.165) is 18.4 Å². The number of aryl methyl sites for hydroxylation is 1. The number of nitrogens with zero attached hydrogens (tertiary/aromatic N) is 1. The van der Waals surface area contributed by atoms with E-state index < -0.39 is 0 Å². The molecule has 2 aromatic rings. The van der Waals surface area contributed by atoms with Gasteiger partial charge in [-0.05, 0) is 5.56 Å². The summed E-state index contributed by atoms with van der Waals surface area (Å²) in [7, 11) is 2.01. The molecule has 0 aliphatic carbocycles. The minimum Gasteiger partial charge on any atom is -0.351 e. The van der Waals surface area contributed by atoms with Crippen LogP contribution in [0.3, 0.4) is 0 Å². The third-order valence-corrected chi connectivity index (χ3v) is 3.05. The molecule has 1 atom stereocenters. The fourth-order valence-electron chi connectivity index (χ4n) is 2.02. The van der Waals surface area contributed by atoms with Crippen molar-refractivity contribution in [2.75, 3.05) is 0 Å². The quantitative estimate of drug-likeness (QED) is 0.625. The van der Waals surface area contributed by atoms with Crippen LogP contribution in [-0.4, -0.2) is 6.41 Å². The van der Waals surface area contributed by atoms with Crippen molar-refractivity contribution in [3.63, 3.8) is 0 Å². The first-order valence-corrected chi connectivity index (χ1v) is 5.99. The monoisotopic (exact) mass is 241 g/mol. The molecule has 18 heavy (non-hydrogen) atoms. The van der Waals surface area contributed by atoms with E-state index in [9.17, 15) is 4.79 Å².